The lowest BCUT2D eigenvalue weighted by Gasteiger charge is -2.32. The van der Waals surface area contributed by atoms with Gasteiger partial charge in [0.15, 0.2) is 0 Å². The van der Waals surface area contributed by atoms with Gasteiger partial charge in [-0.1, -0.05) is 19.9 Å². The van der Waals surface area contributed by atoms with Crippen LogP contribution in [-0.2, 0) is 6.54 Å². The predicted molar refractivity (Wildman–Crippen MR) is 73.7 cm³/mol. The molecule has 0 spiro atoms. The maximum atomic E-state index is 9.78. The van der Waals surface area contributed by atoms with Gasteiger partial charge < -0.3 is 15.7 Å². The first-order chi connectivity index (χ1) is 8.61. The number of pyridine rings is 1. The Morgan fingerprint density at radius 2 is 2.28 bits per heavy atom. The van der Waals surface area contributed by atoms with Gasteiger partial charge >= 0.3 is 0 Å². The first kappa shape index (κ1) is 13.3. The minimum absolute atomic E-state index is 0.242. The largest absolute Gasteiger partial charge is 0.391 e. The summed E-state index contributed by atoms with van der Waals surface area (Å²) >= 11 is 0. The quantitative estimate of drug-likeness (QED) is 0.854. The van der Waals surface area contributed by atoms with E-state index >= 15 is 0 Å². The molecule has 1 aromatic heterocycles. The Morgan fingerprint density at radius 3 is 2.89 bits per heavy atom. The smallest absolute Gasteiger partial charge is 0.133 e. The number of hydrogen-bond acceptors (Lipinski definition) is 4. The van der Waals surface area contributed by atoms with Gasteiger partial charge in [0, 0.05) is 30.9 Å². The number of β-amino-alcohol motifs (C(OH)–C–C–N with tert-alkyl or cyclic N) is 1. The third kappa shape index (κ3) is 2.82. The van der Waals surface area contributed by atoms with E-state index in [1.165, 1.54) is 0 Å². The standard InChI is InChI=1S/C14H23N3O/c1-10(2)13-6-5-11(8-15)14(16-13)17-7-3-4-12(18)9-17/h5-6,10,12,18H,3-4,7-9,15H2,1-2H3/t12-/m0/s1. The zero-order valence-electron chi connectivity index (χ0n) is 11.3. The molecule has 2 heterocycles. The highest BCUT2D eigenvalue weighted by molar-refractivity contribution is 5.48. The fourth-order valence-corrected chi connectivity index (χ4v) is 2.39. The van der Waals surface area contributed by atoms with Crippen molar-refractivity contribution >= 4 is 5.82 Å². The summed E-state index contributed by atoms with van der Waals surface area (Å²) < 4.78 is 0. The molecule has 4 nitrogen and oxygen atoms in total. The third-order valence-electron chi connectivity index (χ3n) is 3.48. The second kappa shape index (κ2) is 5.67. The highest BCUT2D eigenvalue weighted by atomic mass is 16.3. The van der Waals surface area contributed by atoms with E-state index in [0.717, 1.165) is 36.5 Å². The molecule has 1 aliphatic heterocycles. The van der Waals surface area contributed by atoms with Gasteiger partial charge in [-0.05, 0) is 24.8 Å². The van der Waals surface area contributed by atoms with Crippen molar-refractivity contribution in [2.24, 2.45) is 5.73 Å². The van der Waals surface area contributed by atoms with Crippen LogP contribution < -0.4 is 10.6 Å². The summed E-state index contributed by atoms with van der Waals surface area (Å²) in [6.07, 6.45) is 1.66. The minimum atomic E-state index is -0.242. The summed E-state index contributed by atoms with van der Waals surface area (Å²) in [6, 6.07) is 4.12. The molecule has 0 aromatic carbocycles. The van der Waals surface area contributed by atoms with Crippen molar-refractivity contribution in [3.63, 3.8) is 0 Å². The topological polar surface area (TPSA) is 62.4 Å². The number of aromatic nitrogens is 1. The molecule has 0 bridgehead atoms. The predicted octanol–water partition coefficient (Wildman–Crippen LogP) is 1.62. The summed E-state index contributed by atoms with van der Waals surface area (Å²) in [4.78, 5) is 6.90. The summed E-state index contributed by atoms with van der Waals surface area (Å²) in [5.74, 6) is 1.37. The maximum Gasteiger partial charge on any atom is 0.133 e. The average molecular weight is 249 g/mol. The highest BCUT2D eigenvalue weighted by Crippen LogP contribution is 2.24. The summed E-state index contributed by atoms with van der Waals surface area (Å²) in [7, 11) is 0. The second-order valence-corrected chi connectivity index (χ2v) is 5.32. The van der Waals surface area contributed by atoms with Gasteiger partial charge in [-0.2, -0.15) is 0 Å². The van der Waals surface area contributed by atoms with Gasteiger partial charge in [-0.25, -0.2) is 4.98 Å². The van der Waals surface area contributed by atoms with Crippen molar-refractivity contribution in [3.8, 4) is 0 Å². The zero-order valence-corrected chi connectivity index (χ0v) is 11.3. The van der Waals surface area contributed by atoms with E-state index in [4.69, 9.17) is 10.7 Å². The molecule has 2 rings (SSSR count). The van der Waals surface area contributed by atoms with Crippen LogP contribution in [0.3, 0.4) is 0 Å². The van der Waals surface area contributed by atoms with Gasteiger partial charge in [0.2, 0.25) is 0 Å². The van der Waals surface area contributed by atoms with E-state index in [-0.39, 0.29) is 6.10 Å². The number of hydrogen-bond donors (Lipinski definition) is 2. The van der Waals surface area contributed by atoms with E-state index in [1.807, 2.05) is 0 Å². The fourth-order valence-electron chi connectivity index (χ4n) is 2.39. The molecule has 1 aromatic rings. The Hall–Kier alpha value is -1.13. The molecule has 0 aliphatic carbocycles. The van der Waals surface area contributed by atoms with Crippen LogP contribution in [0.15, 0.2) is 12.1 Å². The van der Waals surface area contributed by atoms with E-state index in [9.17, 15) is 5.11 Å². The first-order valence-corrected chi connectivity index (χ1v) is 6.74. The van der Waals surface area contributed by atoms with Gasteiger partial charge in [-0.15, -0.1) is 0 Å². The van der Waals surface area contributed by atoms with Crippen molar-refractivity contribution < 1.29 is 5.11 Å². The number of piperidine rings is 1. The molecule has 0 unspecified atom stereocenters. The molecule has 1 fully saturated rings. The Morgan fingerprint density at radius 1 is 1.50 bits per heavy atom. The number of nitrogens with zero attached hydrogens (tertiary/aromatic N) is 2. The van der Waals surface area contributed by atoms with Crippen LogP contribution in [0.1, 0.15) is 43.9 Å². The van der Waals surface area contributed by atoms with Gasteiger partial charge in [0.25, 0.3) is 0 Å². The zero-order chi connectivity index (χ0) is 13.1. The lowest BCUT2D eigenvalue weighted by molar-refractivity contribution is 0.153. The number of anilines is 1. The number of rotatable bonds is 3. The Kier molecular flexibility index (Phi) is 4.19. The van der Waals surface area contributed by atoms with Crippen LogP contribution in [0.4, 0.5) is 5.82 Å². The first-order valence-electron chi connectivity index (χ1n) is 6.74. The normalized spacial score (nSPS) is 20.5. The Labute approximate surface area is 109 Å². The van der Waals surface area contributed by atoms with Crippen LogP contribution in [0, 0.1) is 0 Å². The Bertz CT molecular complexity index is 406. The molecule has 4 heteroatoms. The molecule has 100 valence electrons. The molecule has 0 saturated carbocycles. The second-order valence-electron chi connectivity index (χ2n) is 5.32. The van der Waals surface area contributed by atoms with Crippen LogP contribution in [0.25, 0.3) is 0 Å². The molecule has 3 N–H and O–H groups in total. The van der Waals surface area contributed by atoms with Gasteiger partial charge in [-0.3, -0.25) is 0 Å². The summed E-state index contributed by atoms with van der Waals surface area (Å²) in [5.41, 5.74) is 7.94. The monoisotopic (exact) mass is 249 g/mol. The van der Waals surface area contributed by atoms with Gasteiger partial charge in [0.05, 0.1) is 6.10 Å². The molecule has 1 saturated heterocycles. The van der Waals surface area contributed by atoms with E-state index < -0.39 is 0 Å². The van der Waals surface area contributed by atoms with Crippen LogP contribution in [0.2, 0.25) is 0 Å². The lowest BCUT2D eigenvalue weighted by Crippen LogP contribution is -2.39. The SMILES string of the molecule is CC(C)c1ccc(CN)c(N2CCC[C@H](O)C2)n1. The van der Waals surface area contributed by atoms with E-state index in [2.05, 4.69) is 30.9 Å². The van der Waals surface area contributed by atoms with Crippen LogP contribution in [0.5, 0.6) is 0 Å². The highest BCUT2D eigenvalue weighted by Gasteiger charge is 2.21. The average Bonchev–Trinajstić information content (AvgIpc) is 2.38. The molecular formula is C14H23N3O. The van der Waals surface area contributed by atoms with Crippen molar-refractivity contribution in [1.82, 2.24) is 4.98 Å². The maximum absolute atomic E-state index is 9.78. The van der Waals surface area contributed by atoms with E-state index in [1.54, 1.807) is 0 Å². The van der Waals surface area contributed by atoms with Gasteiger partial charge in [0.1, 0.15) is 5.82 Å². The summed E-state index contributed by atoms with van der Waals surface area (Å²) in [6.45, 7) is 6.39. The third-order valence-corrected chi connectivity index (χ3v) is 3.48. The molecule has 0 radical (unpaired) electrons. The van der Waals surface area contributed by atoms with Crippen molar-refractivity contribution in [2.75, 3.05) is 18.0 Å². The number of nitrogens with two attached hydrogens (primary N) is 1. The molecule has 1 atom stereocenters. The number of aliphatic hydroxyl groups excluding tert-OH is 1. The van der Waals surface area contributed by atoms with Crippen LogP contribution in [-0.4, -0.2) is 29.3 Å². The molecule has 18 heavy (non-hydrogen) atoms. The van der Waals surface area contributed by atoms with Crippen molar-refractivity contribution in [1.29, 1.82) is 0 Å². The molecular weight excluding hydrogens is 226 g/mol. The van der Waals surface area contributed by atoms with E-state index in [0.29, 0.717) is 19.0 Å². The van der Waals surface area contributed by atoms with Crippen molar-refractivity contribution in [2.45, 2.75) is 45.3 Å². The summed E-state index contributed by atoms with van der Waals surface area (Å²) in [5, 5.41) is 9.78. The lowest BCUT2D eigenvalue weighted by atomic mass is 10.1. The molecule has 1 aliphatic rings. The minimum Gasteiger partial charge on any atom is -0.391 e. The Balaban J connectivity index is 2.31. The van der Waals surface area contributed by atoms with Crippen molar-refractivity contribution in [3.05, 3.63) is 23.4 Å². The molecule has 0 amide bonds. The van der Waals surface area contributed by atoms with Crippen LogP contribution >= 0.6 is 0 Å². The fraction of sp³-hybridized carbons (Fsp3) is 0.643. The number of aliphatic hydroxyl groups is 1.